The maximum absolute atomic E-state index is 3.76. The van der Waals surface area contributed by atoms with Crippen LogP contribution in [0, 0.1) is 0 Å². The van der Waals surface area contributed by atoms with Gasteiger partial charge in [-0.2, -0.15) is 0 Å². The number of anilines is 1. The fraction of sp³-hybridized carbons (Fsp3) is 0.600. The summed E-state index contributed by atoms with van der Waals surface area (Å²) in [6.45, 7) is 2.41. The molecule has 1 heterocycles. The third-order valence-electron chi connectivity index (χ3n) is 4.15. The number of nitrogens with one attached hydrogen (secondary N) is 1. The van der Waals surface area contributed by atoms with Crippen molar-refractivity contribution < 1.29 is 0 Å². The van der Waals surface area contributed by atoms with Gasteiger partial charge in [0.25, 0.3) is 0 Å². The highest BCUT2D eigenvalue weighted by Crippen LogP contribution is 2.29. The van der Waals surface area contributed by atoms with Crippen LogP contribution in [0.3, 0.4) is 0 Å². The first-order valence-electron chi connectivity index (χ1n) is 6.89. The van der Waals surface area contributed by atoms with Gasteiger partial charge in [-0.1, -0.05) is 12.1 Å². The Labute approximate surface area is 104 Å². The SMILES string of the molecule is CN1CCC(Nc2cccc3c2CCCC3)C1. The number of hydrogen-bond donors (Lipinski definition) is 1. The molecule has 1 saturated heterocycles. The Morgan fingerprint density at radius 3 is 2.94 bits per heavy atom. The molecule has 92 valence electrons. The second-order valence-corrected chi connectivity index (χ2v) is 5.54. The van der Waals surface area contributed by atoms with E-state index < -0.39 is 0 Å². The van der Waals surface area contributed by atoms with Crippen LogP contribution in [0.25, 0.3) is 0 Å². The Morgan fingerprint density at radius 1 is 1.24 bits per heavy atom. The highest BCUT2D eigenvalue weighted by Gasteiger charge is 2.21. The highest BCUT2D eigenvalue weighted by atomic mass is 15.2. The molecule has 3 rings (SSSR count). The normalized spacial score (nSPS) is 24.6. The number of hydrogen-bond acceptors (Lipinski definition) is 2. The zero-order valence-electron chi connectivity index (χ0n) is 10.7. The highest BCUT2D eigenvalue weighted by molar-refractivity contribution is 5.56. The van der Waals surface area contributed by atoms with Crippen molar-refractivity contribution in [2.75, 3.05) is 25.5 Å². The van der Waals surface area contributed by atoms with E-state index in [1.165, 1.54) is 50.9 Å². The summed E-state index contributed by atoms with van der Waals surface area (Å²) in [6, 6.07) is 7.43. The Morgan fingerprint density at radius 2 is 2.12 bits per heavy atom. The molecule has 1 aliphatic carbocycles. The molecule has 2 nitrogen and oxygen atoms in total. The van der Waals surface area contributed by atoms with Crippen molar-refractivity contribution in [3.05, 3.63) is 29.3 Å². The lowest BCUT2D eigenvalue weighted by molar-refractivity contribution is 0.414. The lowest BCUT2D eigenvalue weighted by atomic mass is 9.90. The zero-order chi connectivity index (χ0) is 11.7. The molecule has 1 aromatic rings. The fourth-order valence-electron chi connectivity index (χ4n) is 3.19. The molecule has 0 spiro atoms. The van der Waals surface area contributed by atoms with Crippen molar-refractivity contribution in [1.29, 1.82) is 0 Å². The van der Waals surface area contributed by atoms with Crippen LogP contribution in [-0.2, 0) is 12.8 Å². The number of benzene rings is 1. The van der Waals surface area contributed by atoms with E-state index in [1.54, 1.807) is 11.1 Å². The molecular formula is C15H22N2. The van der Waals surface area contributed by atoms with Crippen LogP contribution in [0.4, 0.5) is 5.69 Å². The minimum absolute atomic E-state index is 0.647. The number of aryl methyl sites for hydroxylation is 1. The van der Waals surface area contributed by atoms with Crippen LogP contribution in [0.2, 0.25) is 0 Å². The first kappa shape index (κ1) is 11.1. The average Bonchev–Trinajstić information content (AvgIpc) is 2.75. The van der Waals surface area contributed by atoms with Crippen molar-refractivity contribution in [3.63, 3.8) is 0 Å². The van der Waals surface area contributed by atoms with Gasteiger partial charge in [0.05, 0.1) is 0 Å². The van der Waals surface area contributed by atoms with E-state index in [0.717, 1.165) is 0 Å². The molecule has 1 aliphatic heterocycles. The number of likely N-dealkylation sites (tertiary alicyclic amines) is 1. The number of rotatable bonds is 2. The molecule has 1 N–H and O–H groups in total. The smallest absolute Gasteiger partial charge is 0.0400 e. The molecular weight excluding hydrogens is 208 g/mol. The summed E-state index contributed by atoms with van der Waals surface area (Å²) in [5.74, 6) is 0. The Kier molecular flexibility index (Phi) is 3.06. The molecule has 17 heavy (non-hydrogen) atoms. The summed E-state index contributed by atoms with van der Waals surface area (Å²) in [5.41, 5.74) is 4.57. The maximum atomic E-state index is 3.76. The molecule has 1 aromatic carbocycles. The Bertz CT molecular complexity index is 400. The van der Waals surface area contributed by atoms with Crippen molar-refractivity contribution in [2.24, 2.45) is 0 Å². The first-order chi connectivity index (χ1) is 8.33. The summed E-state index contributed by atoms with van der Waals surface area (Å²) in [6.07, 6.45) is 6.54. The van der Waals surface area contributed by atoms with Gasteiger partial charge < -0.3 is 10.2 Å². The predicted octanol–water partition coefficient (Wildman–Crippen LogP) is 2.68. The summed E-state index contributed by atoms with van der Waals surface area (Å²) in [4.78, 5) is 2.41. The van der Waals surface area contributed by atoms with Gasteiger partial charge in [-0.3, -0.25) is 0 Å². The molecule has 0 aromatic heterocycles. The zero-order valence-corrected chi connectivity index (χ0v) is 10.7. The largest absolute Gasteiger partial charge is 0.381 e. The first-order valence-corrected chi connectivity index (χ1v) is 6.89. The van der Waals surface area contributed by atoms with E-state index in [9.17, 15) is 0 Å². The molecule has 0 saturated carbocycles. The van der Waals surface area contributed by atoms with Crippen LogP contribution < -0.4 is 5.32 Å². The minimum Gasteiger partial charge on any atom is -0.381 e. The predicted molar refractivity (Wildman–Crippen MR) is 72.6 cm³/mol. The molecule has 0 amide bonds. The van der Waals surface area contributed by atoms with Crippen molar-refractivity contribution in [2.45, 2.75) is 38.1 Å². The Hall–Kier alpha value is -1.02. The summed E-state index contributed by atoms with van der Waals surface area (Å²) < 4.78 is 0. The lowest BCUT2D eigenvalue weighted by Gasteiger charge is -2.22. The van der Waals surface area contributed by atoms with Gasteiger partial charge >= 0.3 is 0 Å². The number of fused-ring (bicyclic) bond motifs is 1. The summed E-state index contributed by atoms with van der Waals surface area (Å²) in [5, 5.41) is 3.76. The van der Waals surface area contributed by atoms with Gasteiger partial charge in [-0.05, 0) is 62.9 Å². The monoisotopic (exact) mass is 230 g/mol. The minimum atomic E-state index is 0.647. The van der Waals surface area contributed by atoms with Crippen LogP contribution in [0.5, 0.6) is 0 Å². The number of nitrogens with zero attached hydrogens (tertiary/aromatic N) is 1. The number of likely N-dealkylation sites (N-methyl/N-ethyl adjacent to an activating group) is 1. The topological polar surface area (TPSA) is 15.3 Å². The van der Waals surface area contributed by atoms with E-state index in [1.807, 2.05) is 0 Å². The van der Waals surface area contributed by atoms with E-state index in [4.69, 9.17) is 0 Å². The van der Waals surface area contributed by atoms with Gasteiger partial charge in [0.1, 0.15) is 0 Å². The lowest BCUT2D eigenvalue weighted by Crippen LogP contribution is -2.24. The van der Waals surface area contributed by atoms with E-state index in [0.29, 0.717) is 6.04 Å². The summed E-state index contributed by atoms with van der Waals surface area (Å²) >= 11 is 0. The molecule has 1 unspecified atom stereocenters. The third-order valence-corrected chi connectivity index (χ3v) is 4.15. The quantitative estimate of drug-likeness (QED) is 0.840. The summed E-state index contributed by atoms with van der Waals surface area (Å²) in [7, 11) is 2.21. The third kappa shape index (κ3) is 2.32. The molecule has 2 aliphatic rings. The van der Waals surface area contributed by atoms with Gasteiger partial charge in [-0.25, -0.2) is 0 Å². The average molecular weight is 230 g/mol. The van der Waals surface area contributed by atoms with Gasteiger partial charge in [0, 0.05) is 18.3 Å². The van der Waals surface area contributed by atoms with Gasteiger partial charge in [0.15, 0.2) is 0 Å². The van der Waals surface area contributed by atoms with E-state index in [-0.39, 0.29) is 0 Å². The van der Waals surface area contributed by atoms with E-state index in [2.05, 4.69) is 35.5 Å². The van der Waals surface area contributed by atoms with Crippen LogP contribution in [0.15, 0.2) is 18.2 Å². The molecule has 2 heteroatoms. The van der Waals surface area contributed by atoms with Gasteiger partial charge in [0.2, 0.25) is 0 Å². The van der Waals surface area contributed by atoms with Crippen molar-refractivity contribution >= 4 is 5.69 Å². The maximum Gasteiger partial charge on any atom is 0.0400 e. The fourth-order valence-corrected chi connectivity index (χ4v) is 3.19. The van der Waals surface area contributed by atoms with Gasteiger partial charge in [-0.15, -0.1) is 0 Å². The van der Waals surface area contributed by atoms with Crippen LogP contribution >= 0.6 is 0 Å². The second-order valence-electron chi connectivity index (χ2n) is 5.54. The standard InChI is InChI=1S/C15H22N2/c1-17-10-9-13(11-17)16-15-8-4-6-12-5-2-3-7-14(12)15/h4,6,8,13,16H,2-3,5,7,9-11H2,1H3. The van der Waals surface area contributed by atoms with Crippen LogP contribution in [-0.4, -0.2) is 31.1 Å². The van der Waals surface area contributed by atoms with Crippen LogP contribution in [0.1, 0.15) is 30.4 Å². The Balaban J connectivity index is 1.78. The molecule has 0 bridgehead atoms. The van der Waals surface area contributed by atoms with Crippen molar-refractivity contribution in [3.8, 4) is 0 Å². The van der Waals surface area contributed by atoms with E-state index >= 15 is 0 Å². The molecule has 1 atom stereocenters. The van der Waals surface area contributed by atoms with Crippen molar-refractivity contribution in [1.82, 2.24) is 4.90 Å². The second kappa shape index (κ2) is 4.69. The molecule has 0 radical (unpaired) electrons. The molecule has 1 fully saturated rings.